The van der Waals surface area contributed by atoms with Crippen LogP contribution in [0.25, 0.3) is 20.2 Å². The van der Waals surface area contributed by atoms with Gasteiger partial charge >= 0.3 is 7.12 Å². The lowest BCUT2D eigenvalue weighted by Crippen LogP contribution is -2.41. The molecule has 0 saturated carbocycles. The van der Waals surface area contributed by atoms with Crippen molar-refractivity contribution in [2.75, 3.05) is 0 Å². The topological polar surface area (TPSA) is 18.5 Å². The number of halogens is 1. The Morgan fingerprint density at radius 3 is 2.09 bits per heavy atom. The van der Waals surface area contributed by atoms with Crippen LogP contribution in [0.1, 0.15) is 27.7 Å². The average Bonchev–Trinajstić information content (AvgIpc) is 2.94. The summed E-state index contributed by atoms with van der Waals surface area (Å²) >= 11 is 1.60. The molecule has 2 heterocycles. The Balaban J connectivity index is 1.97. The van der Waals surface area contributed by atoms with E-state index in [0.717, 1.165) is 20.2 Å². The first kappa shape index (κ1) is 15.1. The van der Waals surface area contributed by atoms with Gasteiger partial charge in [0.25, 0.3) is 0 Å². The van der Waals surface area contributed by atoms with Crippen molar-refractivity contribution in [2.24, 2.45) is 0 Å². The van der Waals surface area contributed by atoms with Crippen LogP contribution in [0.2, 0.25) is 0 Å². The molecule has 1 aliphatic heterocycles. The van der Waals surface area contributed by atoms with Crippen molar-refractivity contribution in [2.45, 2.75) is 38.9 Å². The summed E-state index contributed by atoms with van der Waals surface area (Å²) in [6.07, 6.45) is 0. The lowest BCUT2D eigenvalue weighted by molar-refractivity contribution is 0.00578. The van der Waals surface area contributed by atoms with E-state index in [1.54, 1.807) is 17.4 Å². The molecule has 3 aromatic rings. The van der Waals surface area contributed by atoms with Crippen LogP contribution < -0.4 is 5.46 Å². The van der Waals surface area contributed by atoms with E-state index < -0.39 is 18.3 Å². The SMILES string of the molecule is CC1(C)OB(c2cccc3sc4cccc(F)c4c23)OC1(C)C. The number of thiophene rings is 1. The molecule has 4 rings (SSSR count). The van der Waals surface area contributed by atoms with Crippen LogP contribution >= 0.6 is 11.3 Å². The van der Waals surface area contributed by atoms with Crippen molar-refractivity contribution in [3.05, 3.63) is 42.2 Å². The first-order valence-corrected chi connectivity index (χ1v) is 8.57. The maximum Gasteiger partial charge on any atom is 0.495 e. The Kier molecular flexibility index (Phi) is 3.15. The second-order valence-electron chi connectivity index (χ2n) is 7.02. The molecule has 1 saturated heterocycles. The molecule has 0 radical (unpaired) electrons. The Morgan fingerprint density at radius 2 is 1.43 bits per heavy atom. The Morgan fingerprint density at radius 1 is 0.870 bits per heavy atom. The molecule has 0 N–H and O–H groups in total. The fourth-order valence-corrected chi connectivity index (χ4v) is 4.17. The largest absolute Gasteiger partial charge is 0.495 e. The van der Waals surface area contributed by atoms with Crippen molar-refractivity contribution >= 4 is 44.1 Å². The molecular weight excluding hydrogens is 310 g/mol. The molecule has 2 aromatic carbocycles. The zero-order valence-electron chi connectivity index (χ0n) is 13.6. The maximum atomic E-state index is 14.4. The van der Waals surface area contributed by atoms with E-state index in [4.69, 9.17) is 9.31 Å². The van der Waals surface area contributed by atoms with Crippen molar-refractivity contribution in [1.82, 2.24) is 0 Å². The van der Waals surface area contributed by atoms with Crippen molar-refractivity contribution in [1.29, 1.82) is 0 Å². The third-order valence-electron chi connectivity index (χ3n) is 5.01. The molecule has 5 heteroatoms. The predicted octanol–water partition coefficient (Wildman–Crippen LogP) is 4.49. The van der Waals surface area contributed by atoms with Crippen molar-refractivity contribution in [3.63, 3.8) is 0 Å². The number of hydrogen-bond donors (Lipinski definition) is 0. The monoisotopic (exact) mass is 328 g/mol. The van der Waals surface area contributed by atoms with Crippen LogP contribution in [0.3, 0.4) is 0 Å². The summed E-state index contributed by atoms with van der Waals surface area (Å²) in [6, 6.07) is 11.2. The maximum absolute atomic E-state index is 14.4. The van der Waals surface area contributed by atoms with Gasteiger partial charge in [-0.05, 0) is 51.4 Å². The molecule has 23 heavy (non-hydrogen) atoms. The Bertz CT molecular complexity index is 900. The van der Waals surface area contributed by atoms with Crippen molar-refractivity contribution < 1.29 is 13.7 Å². The summed E-state index contributed by atoms with van der Waals surface area (Å²) in [4.78, 5) is 0. The van der Waals surface area contributed by atoms with Gasteiger partial charge in [0.2, 0.25) is 0 Å². The fourth-order valence-electron chi connectivity index (χ4n) is 3.02. The lowest BCUT2D eigenvalue weighted by atomic mass is 9.76. The van der Waals surface area contributed by atoms with Gasteiger partial charge in [-0.25, -0.2) is 4.39 Å². The van der Waals surface area contributed by atoms with Gasteiger partial charge in [0.15, 0.2) is 0 Å². The highest BCUT2D eigenvalue weighted by Gasteiger charge is 2.52. The first-order chi connectivity index (χ1) is 10.8. The molecule has 0 aliphatic carbocycles. The third-order valence-corrected chi connectivity index (χ3v) is 6.13. The minimum atomic E-state index is -0.485. The Hall–Kier alpha value is -1.43. The van der Waals surface area contributed by atoms with E-state index in [9.17, 15) is 4.39 Å². The molecule has 0 bridgehead atoms. The molecule has 0 atom stereocenters. The van der Waals surface area contributed by atoms with Crippen LogP contribution in [0.5, 0.6) is 0 Å². The lowest BCUT2D eigenvalue weighted by Gasteiger charge is -2.32. The standard InChI is InChI=1S/C18H18BFO2S/c1-17(2)18(3,4)22-19(21-17)11-7-5-9-13-15(11)16-12(20)8-6-10-14(16)23-13/h5-10H,1-4H3. The number of benzene rings is 2. The molecular formula is C18H18BFO2S. The molecule has 0 spiro atoms. The fraction of sp³-hybridized carbons (Fsp3) is 0.333. The summed E-state index contributed by atoms with van der Waals surface area (Å²) in [6.45, 7) is 8.11. The van der Waals surface area contributed by atoms with Gasteiger partial charge < -0.3 is 9.31 Å². The van der Waals surface area contributed by atoms with Crippen LogP contribution in [0.4, 0.5) is 4.39 Å². The molecule has 0 amide bonds. The van der Waals surface area contributed by atoms with E-state index in [2.05, 4.69) is 0 Å². The zero-order valence-corrected chi connectivity index (χ0v) is 14.5. The van der Waals surface area contributed by atoms with Gasteiger partial charge in [-0.2, -0.15) is 0 Å². The first-order valence-electron chi connectivity index (χ1n) is 7.75. The highest BCUT2D eigenvalue weighted by Crippen LogP contribution is 2.39. The molecule has 1 aliphatic rings. The zero-order chi connectivity index (χ0) is 16.4. The van der Waals surface area contributed by atoms with E-state index in [0.29, 0.717) is 5.39 Å². The van der Waals surface area contributed by atoms with E-state index >= 15 is 0 Å². The molecule has 0 unspecified atom stereocenters. The number of hydrogen-bond acceptors (Lipinski definition) is 3. The minimum Gasteiger partial charge on any atom is -0.399 e. The van der Waals surface area contributed by atoms with E-state index in [1.807, 2.05) is 52.0 Å². The van der Waals surface area contributed by atoms with E-state index in [1.165, 1.54) is 6.07 Å². The molecule has 118 valence electrons. The highest BCUT2D eigenvalue weighted by molar-refractivity contribution is 7.26. The summed E-state index contributed by atoms with van der Waals surface area (Å²) in [5.74, 6) is -0.197. The third kappa shape index (κ3) is 2.14. The summed E-state index contributed by atoms with van der Waals surface area (Å²) in [5, 5.41) is 1.57. The van der Waals surface area contributed by atoms with Gasteiger partial charge in [-0.1, -0.05) is 18.2 Å². The molecule has 1 aromatic heterocycles. The summed E-state index contributed by atoms with van der Waals surface area (Å²) in [5.41, 5.74) is 0.0755. The predicted molar refractivity (Wildman–Crippen MR) is 95.0 cm³/mol. The van der Waals surface area contributed by atoms with E-state index in [-0.39, 0.29) is 5.82 Å². The smallest absolute Gasteiger partial charge is 0.399 e. The quantitative estimate of drug-likeness (QED) is 0.613. The van der Waals surface area contributed by atoms with Gasteiger partial charge in [-0.3, -0.25) is 0 Å². The second kappa shape index (κ2) is 4.79. The molecule has 1 fully saturated rings. The second-order valence-corrected chi connectivity index (χ2v) is 8.11. The van der Waals surface area contributed by atoms with Crippen molar-refractivity contribution in [3.8, 4) is 0 Å². The average molecular weight is 328 g/mol. The van der Waals surface area contributed by atoms with Crippen LogP contribution in [0, 0.1) is 5.82 Å². The van der Waals surface area contributed by atoms with Gasteiger partial charge in [0, 0.05) is 20.2 Å². The summed E-state index contributed by atoms with van der Waals surface area (Å²) in [7, 11) is -0.485. The number of fused-ring (bicyclic) bond motifs is 3. The summed E-state index contributed by atoms with van der Waals surface area (Å²) < 4.78 is 28.8. The van der Waals surface area contributed by atoms with Crippen LogP contribution in [-0.2, 0) is 9.31 Å². The minimum absolute atomic E-state index is 0.197. The van der Waals surface area contributed by atoms with Gasteiger partial charge in [0.1, 0.15) is 5.82 Å². The highest BCUT2D eigenvalue weighted by atomic mass is 32.1. The van der Waals surface area contributed by atoms with Crippen LogP contribution in [0.15, 0.2) is 36.4 Å². The Labute approximate surface area is 139 Å². The normalized spacial score (nSPS) is 19.8. The van der Waals surface area contributed by atoms with Gasteiger partial charge in [0.05, 0.1) is 11.2 Å². The molecule has 2 nitrogen and oxygen atoms in total. The number of rotatable bonds is 1. The van der Waals surface area contributed by atoms with Gasteiger partial charge in [-0.15, -0.1) is 11.3 Å². The van der Waals surface area contributed by atoms with Crippen LogP contribution in [-0.4, -0.2) is 18.3 Å².